The predicted octanol–water partition coefficient (Wildman–Crippen LogP) is 1.70. The van der Waals surface area contributed by atoms with Crippen molar-refractivity contribution in [3.8, 4) is 11.5 Å². The molecule has 0 radical (unpaired) electrons. The largest absolute Gasteiger partial charge is 0.415 e. The van der Waals surface area contributed by atoms with Crippen molar-refractivity contribution in [1.82, 2.24) is 15.2 Å². The summed E-state index contributed by atoms with van der Waals surface area (Å²) in [5, 5.41) is 9.89. The van der Waals surface area contributed by atoms with Crippen LogP contribution in [-0.2, 0) is 6.54 Å². The standard InChI is InChI=1S/C23H25N5OS/c1-16-6-5-7-18(14-16)23-26-25-22(29-23)17(2)28-12-10-27(11-13-28)15-21-24-19-8-3-4-9-20(19)30-21/h3-9,14,17H,10-13,15H2,1-2H3/p+2/t17-/m1/s1. The Morgan fingerprint density at radius 1 is 1.03 bits per heavy atom. The van der Waals surface area contributed by atoms with E-state index in [0.29, 0.717) is 5.89 Å². The molecule has 2 aromatic heterocycles. The van der Waals surface area contributed by atoms with Gasteiger partial charge in [0, 0.05) is 5.56 Å². The van der Waals surface area contributed by atoms with Crippen molar-refractivity contribution < 1.29 is 14.2 Å². The van der Waals surface area contributed by atoms with Crippen LogP contribution in [0.15, 0.2) is 52.9 Å². The second-order valence-corrected chi connectivity index (χ2v) is 9.31. The first-order valence-electron chi connectivity index (χ1n) is 10.6. The van der Waals surface area contributed by atoms with E-state index in [4.69, 9.17) is 9.40 Å². The Morgan fingerprint density at radius 2 is 1.87 bits per heavy atom. The van der Waals surface area contributed by atoms with Crippen LogP contribution in [0.5, 0.6) is 0 Å². The van der Waals surface area contributed by atoms with Crippen molar-refractivity contribution in [2.24, 2.45) is 0 Å². The summed E-state index contributed by atoms with van der Waals surface area (Å²) in [5.41, 5.74) is 3.30. The maximum Gasteiger partial charge on any atom is 0.274 e. The third-order valence-electron chi connectivity index (χ3n) is 6.03. The molecule has 0 saturated carbocycles. The summed E-state index contributed by atoms with van der Waals surface area (Å²) in [4.78, 5) is 7.93. The minimum atomic E-state index is 0.208. The number of hydrogen-bond acceptors (Lipinski definition) is 5. The van der Waals surface area contributed by atoms with E-state index in [-0.39, 0.29) is 6.04 Å². The van der Waals surface area contributed by atoms with Crippen LogP contribution in [-0.4, -0.2) is 41.4 Å². The highest BCUT2D eigenvalue weighted by Crippen LogP contribution is 2.21. The number of aromatic nitrogens is 3. The first-order valence-corrected chi connectivity index (χ1v) is 11.4. The fraction of sp³-hybridized carbons (Fsp3) is 0.348. The topological polar surface area (TPSA) is 60.7 Å². The predicted molar refractivity (Wildman–Crippen MR) is 118 cm³/mol. The lowest BCUT2D eigenvalue weighted by Crippen LogP contribution is -3.27. The Bertz CT molecular complexity index is 1110. The van der Waals surface area contributed by atoms with Gasteiger partial charge in [0.2, 0.25) is 5.89 Å². The van der Waals surface area contributed by atoms with Crippen LogP contribution in [0, 0.1) is 6.92 Å². The van der Waals surface area contributed by atoms with Crippen LogP contribution in [0.3, 0.4) is 0 Å². The summed E-state index contributed by atoms with van der Waals surface area (Å²) < 4.78 is 7.32. The summed E-state index contributed by atoms with van der Waals surface area (Å²) in [5.74, 6) is 1.34. The fourth-order valence-electron chi connectivity index (χ4n) is 4.22. The number of para-hydroxylation sites is 1. The number of aryl methyl sites for hydroxylation is 1. The molecule has 0 amide bonds. The molecule has 6 nitrogen and oxygen atoms in total. The van der Waals surface area contributed by atoms with Gasteiger partial charge in [-0.05, 0) is 38.1 Å². The smallest absolute Gasteiger partial charge is 0.274 e. The number of nitrogens with zero attached hydrogens (tertiary/aromatic N) is 3. The van der Waals surface area contributed by atoms with E-state index in [2.05, 4.69) is 60.4 Å². The first kappa shape index (κ1) is 19.4. The lowest BCUT2D eigenvalue weighted by molar-refractivity contribution is -1.03. The van der Waals surface area contributed by atoms with Gasteiger partial charge in [-0.25, -0.2) is 4.98 Å². The van der Waals surface area contributed by atoms with Gasteiger partial charge in [0.05, 0.1) is 10.2 Å². The normalized spacial score (nSPS) is 20.5. The van der Waals surface area contributed by atoms with Gasteiger partial charge in [0.25, 0.3) is 5.89 Å². The van der Waals surface area contributed by atoms with Crippen molar-refractivity contribution >= 4 is 21.6 Å². The van der Waals surface area contributed by atoms with E-state index >= 15 is 0 Å². The molecule has 1 aliphatic rings. The Morgan fingerprint density at radius 3 is 2.67 bits per heavy atom. The molecule has 5 rings (SSSR count). The van der Waals surface area contributed by atoms with E-state index in [9.17, 15) is 0 Å². The van der Waals surface area contributed by atoms with Gasteiger partial charge in [-0.15, -0.1) is 21.5 Å². The summed E-state index contributed by atoms with van der Waals surface area (Å²) >= 11 is 1.82. The summed E-state index contributed by atoms with van der Waals surface area (Å²) in [6.45, 7) is 9.75. The Balaban J connectivity index is 1.20. The van der Waals surface area contributed by atoms with E-state index in [1.54, 1.807) is 4.90 Å². The molecule has 1 aliphatic heterocycles. The zero-order valence-electron chi connectivity index (χ0n) is 17.4. The fourth-order valence-corrected chi connectivity index (χ4v) is 5.26. The van der Waals surface area contributed by atoms with Gasteiger partial charge in [-0.2, -0.15) is 0 Å². The molecule has 30 heavy (non-hydrogen) atoms. The second kappa shape index (κ2) is 8.26. The summed E-state index contributed by atoms with van der Waals surface area (Å²) in [6, 6.07) is 16.8. The Hall–Kier alpha value is -2.61. The van der Waals surface area contributed by atoms with Crippen molar-refractivity contribution in [2.75, 3.05) is 26.2 Å². The molecule has 1 atom stereocenters. The molecule has 3 heterocycles. The average Bonchev–Trinajstić information content (AvgIpc) is 3.41. The number of hydrogen-bond donors (Lipinski definition) is 2. The van der Waals surface area contributed by atoms with Gasteiger partial charge in [0.1, 0.15) is 37.7 Å². The molecule has 154 valence electrons. The molecule has 2 aromatic carbocycles. The van der Waals surface area contributed by atoms with Crippen LogP contribution in [0.4, 0.5) is 0 Å². The van der Waals surface area contributed by atoms with Crippen LogP contribution < -0.4 is 9.80 Å². The van der Waals surface area contributed by atoms with Crippen LogP contribution in [0.1, 0.15) is 29.4 Å². The summed E-state index contributed by atoms with van der Waals surface area (Å²) in [6.07, 6.45) is 0. The SMILES string of the molecule is Cc1cccc(-c2nnc([C@@H](C)[NH+]3CC[NH+](Cc4nc5ccccc5s4)CC3)o2)c1. The third kappa shape index (κ3) is 4.01. The lowest BCUT2D eigenvalue weighted by Gasteiger charge is -2.31. The monoisotopic (exact) mass is 421 g/mol. The Labute approximate surface area is 180 Å². The highest BCUT2D eigenvalue weighted by Gasteiger charge is 2.31. The molecule has 2 N–H and O–H groups in total. The van der Waals surface area contributed by atoms with Crippen LogP contribution >= 0.6 is 11.3 Å². The van der Waals surface area contributed by atoms with Crippen molar-refractivity contribution in [3.05, 3.63) is 65.0 Å². The van der Waals surface area contributed by atoms with Crippen molar-refractivity contribution in [3.63, 3.8) is 0 Å². The second-order valence-electron chi connectivity index (χ2n) is 8.20. The Kier molecular flexibility index (Phi) is 5.33. The quantitative estimate of drug-likeness (QED) is 0.515. The van der Waals surface area contributed by atoms with E-state index in [1.165, 1.54) is 20.2 Å². The number of rotatable bonds is 5. The van der Waals surface area contributed by atoms with Crippen LogP contribution in [0.2, 0.25) is 0 Å². The molecular formula is C23H27N5OS+2. The molecule has 7 heteroatoms. The molecule has 0 spiro atoms. The lowest BCUT2D eigenvalue weighted by atomic mass is 10.1. The maximum atomic E-state index is 6.04. The number of thiazole rings is 1. The number of benzene rings is 2. The minimum Gasteiger partial charge on any atom is -0.415 e. The highest BCUT2D eigenvalue weighted by atomic mass is 32.1. The number of fused-ring (bicyclic) bond motifs is 1. The van der Waals surface area contributed by atoms with Gasteiger partial charge >= 0.3 is 0 Å². The molecule has 1 fully saturated rings. The van der Waals surface area contributed by atoms with E-state index in [0.717, 1.165) is 49.7 Å². The maximum absolute atomic E-state index is 6.04. The first-order chi connectivity index (χ1) is 14.7. The molecule has 0 unspecified atom stereocenters. The van der Waals surface area contributed by atoms with Gasteiger partial charge in [-0.1, -0.05) is 29.8 Å². The molecule has 0 aliphatic carbocycles. The van der Waals surface area contributed by atoms with Crippen LogP contribution in [0.25, 0.3) is 21.7 Å². The van der Waals surface area contributed by atoms with Gasteiger partial charge in [0.15, 0.2) is 6.04 Å². The zero-order valence-corrected chi connectivity index (χ0v) is 18.2. The summed E-state index contributed by atoms with van der Waals surface area (Å²) in [7, 11) is 0. The van der Waals surface area contributed by atoms with Crippen molar-refractivity contribution in [2.45, 2.75) is 26.4 Å². The molecular weight excluding hydrogens is 394 g/mol. The third-order valence-corrected chi connectivity index (χ3v) is 7.06. The number of nitrogens with one attached hydrogen (secondary N) is 2. The number of piperazine rings is 1. The molecule has 1 saturated heterocycles. The zero-order chi connectivity index (χ0) is 20.5. The molecule has 4 aromatic rings. The highest BCUT2D eigenvalue weighted by molar-refractivity contribution is 7.18. The minimum absolute atomic E-state index is 0.208. The van der Waals surface area contributed by atoms with Crippen molar-refractivity contribution in [1.29, 1.82) is 0 Å². The van der Waals surface area contributed by atoms with E-state index < -0.39 is 0 Å². The van der Waals surface area contributed by atoms with E-state index in [1.807, 2.05) is 23.5 Å². The number of quaternary nitrogens is 2. The average molecular weight is 422 g/mol. The van der Waals surface area contributed by atoms with Gasteiger partial charge < -0.3 is 14.2 Å². The van der Waals surface area contributed by atoms with Gasteiger partial charge in [-0.3, -0.25) is 0 Å². The molecule has 0 bridgehead atoms.